The zero-order valence-corrected chi connectivity index (χ0v) is 12.1. The van der Waals surface area contributed by atoms with E-state index in [0.29, 0.717) is 18.7 Å². The summed E-state index contributed by atoms with van der Waals surface area (Å²) in [5, 5.41) is 0. The highest BCUT2D eigenvalue weighted by Gasteiger charge is 2.31. The summed E-state index contributed by atoms with van der Waals surface area (Å²) in [5.41, 5.74) is 5.96. The van der Waals surface area contributed by atoms with Crippen LogP contribution in [-0.2, 0) is 16.8 Å². The molecule has 1 aromatic rings. The van der Waals surface area contributed by atoms with Gasteiger partial charge in [0.25, 0.3) is 10.2 Å². The first-order valence-corrected chi connectivity index (χ1v) is 8.18. The molecule has 1 unspecified atom stereocenters. The molecule has 1 aromatic carbocycles. The topological polar surface area (TPSA) is 75.4 Å². The van der Waals surface area contributed by atoms with Crippen LogP contribution in [0.15, 0.2) is 24.3 Å². The van der Waals surface area contributed by atoms with Gasteiger partial charge in [-0.15, -0.1) is 0 Å². The fraction of sp³-hybridized carbons (Fsp3) is 0.538. The van der Waals surface area contributed by atoms with Crippen molar-refractivity contribution in [2.45, 2.75) is 31.8 Å². The van der Waals surface area contributed by atoms with Crippen molar-refractivity contribution in [3.05, 3.63) is 35.6 Å². The number of nitrogens with two attached hydrogens (primary N) is 1. The maximum atomic E-state index is 13.5. The molecule has 7 heteroatoms. The van der Waals surface area contributed by atoms with Gasteiger partial charge in [0.15, 0.2) is 0 Å². The van der Waals surface area contributed by atoms with E-state index in [-0.39, 0.29) is 12.6 Å². The molecule has 1 fully saturated rings. The summed E-state index contributed by atoms with van der Waals surface area (Å²) in [6, 6.07) is 5.96. The molecule has 112 valence electrons. The van der Waals surface area contributed by atoms with Crippen molar-refractivity contribution >= 4 is 10.2 Å². The number of nitrogens with one attached hydrogen (secondary N) is 1. The maximum absolute atomic E-state index is 13.5. The Bertz CT molecular complexity index is 550. The Morgan fingerprint density at radius 3 is 2.80 bits per heavy atom. The number of hydrogen-bond acceptors (Lipinski definition) is 3. The van der Waals surface area contributed by atoms with Gasteiger partial charge in [-0.05, 0) is 18.9 Å². The molecule has 1 saturated heterocycles. The first-order chi connectivity index (χ1) is 9.54. The highest BCUT2D eigenvalue weighted by atomic mass is 32.2. The molecule has 1 heterocycles. The number of halogens is 1. The van der Waals surface area contributed by atoms with Crippen LogP contribution in [0.3, 0.4) is 0 Å². The lowest BCUT2D eigenvalue weighted by atomic mass is 10.1. The van der Waals surface area contributed by atoms with E-state index in [0.717, 1.165) is 19.3 Å². The fourth-order valence-electron chi connectivity index (χ4n) is 2.42. The number of rotatable bonds is 5. The lowest BCUT2D eigenvalue weighted by molar-refractivity contribution is 0.254. The van der Waals surface area contributed by atoms with E-state index in [1.165, 1.54) is 10.4 Å². The van der Waals surface area contributed by atoms with Crippen LogP contribution >= 0.6 is 0 Å². The van der Waals surface area contributed by atoms with Crippen LogP contribution in [0.2, 0.25) is 0 Å². The molecule has 5 nitrogen and oxygen atoms in total. The van der Waals surface area contributed by atoms with Crippen LogP contribution in [-0.4, -0.2) is 31.9 Å². The highest BCUT2D eigenvalue weighted by molar-refractivity contribution is 7.87. The first kappa shape index (κ1) is 15.4. The summed E-state index contributed by atoms with van der Waals surface area (Å²) in [7, 11) is -3.62. The second-order valence-corrected chi connectivity index (χ2v) is 6.62. The first-order valence-electron chi connectivity index (χ1n) is 6.74. The molecule has 0 radical (unpaired) electrons. The quantitative estimate of drug-likeness (QED) is 0.851. The summed E-state index contributed by atoms with van der Waals surface area (Å²) in [5.74, 6) is -0.413. The Labute approximate surface area is 119 Å². The summed E-state index contributed by atoms with van der Waals surface area (Å²) >= 11 is 0. The predicted molar refractivity (Wildman–Crippen MR) is 75.6 cm³/mol. The predicted octanol–water partition coefficient (Wildman–Crippen LogP) is 0.973. The number of hydrogen-bond donors (Lipinski definition) is 2. The second-order valence-electron chi connectivity index (χ2n) is 4.91. The normalized spacial score (nSPS) is 21.0. The molecule has 3 N–H and O–H groups in total. The Kier molecular flexibility index (Phi) is 5.09. The third kappa shape index (κ3) is 3.54. The molecule has 2 rings (SSSR count). The molecule has 0 aromatic heterocycles. The van der Waals surface area contributed by atoms with E-state index in [2.05, 4.69) is 4.72 Å². The van der Waals surface area contributed by atoms with Crippen LogP contribution in [0.25, 0.3) is 0 Å². The summed E-state index contributed by atoms with van der Waals surface area (Å²) < 4.78 is 41.9. The van der Waals surface area contributed by atoms with E-state index in [9.17, 15) is 12.8 Å². The molecule has 0 aliphatic carbocycles. The number of piperidine rings is 1. The molecule has 1 atom stereocenters. The fourth-order valence-corrected chi connectivity index (χ4v) is 3.88. The van der Waals surface area contributed by atoms with Gasteiger partial charge in [0.05, 0.1) is 0 Å². The SMILES string of the molecule is NCC1CCCCN1S(=O)(=O)NCc1ccccc1F. The lowest BCUT2D eigenvalue weighted by Crippen LogP contribution is -2.51. The van der Waals surface area contributed by atoms with E-state index in [4.69, 9.17) is 5.73 Å². The van der Waals surface area contributed by atoms with Crippen LogP contribution in [0, 0.1) is 5.82 Å². The second kappa shape index (κ2) is 6.62. The Morgan fingerprint density at radius 1 is 1.35 bits per heavy atom. The van der Waals surface area contributed by atoms with Gasteiger partial charge in [-0.1, -0.05) is 24.6 Å². The maximum Gasteiger partial charge on any atom is 0.280 e. The molecule has 1 aliphatic rings. The van der Waals surface area contributed by atoms with Crippen LogP contribution < -0.4 is 10.5 Å². The van der Waals surface area contributed by atoms with E-state index < -0.39 is 16.0 Å². The van der Waals surface area contributed by atoms with Crippen LogP contribution in [0.1, 0.15) is 24.8 Å². The molecule has 0 amide bonds. The van der Waals surface area contributed by atoms with E-state index in [1.807, 2.05) is 0 Å². The third-order valence-electron chi connectivity index (χ3n) is 3.56. The van der Waals surface area contributed by atoms with Crippen LogP contribution in [0.4, 0.5) is 4.39 Å². The van der Waals surface area contributed by atoms with Crippen LogP contribution in [0.5, 0.6) is 0 Å². The minimum atomic E-state index is -3.62. The van der Waals surface area contributed by atoms with Gasteiger partial charge in [-0.3, -0.25) is 0 Å². The third-order valence-corrected chi connectivity index (χ3v) is 5.16. The van der Waals surface area contributed by atoms with Crippen molar-refractivity contribution in [1.82, 2.24) is 9.03 Å². The van der Waals surface area contributed by atoms with Gasteiger partial charge in [0.1, 0.15) is 5.82 Å². The molecular formula is C13H20FN3O2S. The average Bonchev–Trinajstić information content (AvgIpc) is 2.46. The monoisotopic (exact) mass is 301 g/mol. The molecule has 20 heavy (non-hydrogen) atoms. The highest BCUT2D eigenvalue weighted by Crippen LogP contribution is 2.19. The zero-order chi connectivity index (χ0) is 14.6. The summed E-state index contributed by atoms with van der Waals surface area (Å²) in [6.07, 6.45) is 2.59. The summed E-state index contributed by atoms with van der Waals surface area (Å²) in [4.78, 5) is 0. The number of benzene rings is 1. The van der Waals surface area contributed by atoms with Gasteiger partial charge in [-0.2, -0.15) is 17.4 Å². The lowest BCUT2D eigenvalue weighted by Gasteiger charge is -2.33. The van der Waals surface area contributed by atoms with Gasteiger partial charge < -0.3 is 5.73 Å². The minimum absolute atomic E-state index is 0.0528. The van der Waals surface area contributed by atoms with Crippen molar-refractivity contribution in [2.75, 3.05) is 13.1 Å². The molecular weight excluding hydrogens is 281 g/mol. The molecule has 1 aliphatic heterocycles. The van der Waals surface area contributed by atoms with Crippen molar-refractivity contribution in [3.8, 4) is 0 Å². The van der Waals surface area contributed by atoms with Crippen molar-refractivity contribution < 1.29 is 12.8 Å². The Morgan fingerprint density at radius 2 is 2.10 bits per heavy atom. The smallest absolute Gasteiger partial charge is 0.280 e. The Hall–Kier alpha value is -1.02. The Balaban J connectivity index is 2.05. The molecule has 0 spiro atoms. The average molecular weight is 301 g/mol. The van der Waals surface area contributed by atoms with Gasteiger partial charge in [-0.25, -0.2) is 4.39 Å². The van der Waals surface area contributed by atoms with Crippen molar-refractivity contribution in [1.29, 1.82) is 0 Å². The van der Waals surface area contributed by atoms with E-state index in [1.54, 1.807) is 18.2 Å². The zero-order valence-electron chi connectivity index (χ0n) is 11.3. The van der Waals surface area contributed by atoms with Crippen molar-refractivity contribution in [2.24, 2.45) is 5.73 Å². The standard InChI is InChI=1S/C13H20FN3O2S/c14-13-7-2-1-5-11(13)10-16-20(18,19)17-8-4-3-6-12(17)9-15/h1-2,5,7,12,16H,3-4,6,8-10,15H2. The van der Waals surface area contributed by atoms with E-state index >= 15 is 0 Å². The van der Waals surface area contributed by atoms with Gasteiger partial charge >= 0.3 is 0 Å². The van der Waals surface area contributed by atoms with Crippen molar-refractivity contribution in [3.63, 3.8) is 0 Å². The van der Waals surface area contributed by atoms with Gasteiger partial charge in [0.2, 0.25) is 0 Å². The number of nitrogens with zero attached hydrogens (tertiary/aromatic N) is 1. The van der Waals surface area contributed by atoms with Gasteiger partial charge in [0, 0.05) is 31.2 Å². The minimum Gasteiger partial charge on any atom is -0.329 e. The molecule has 0 bridgehead atoms. The largest absolute Gasteiger partial charge is 0.329 e. The summed E-state index contributed by atoms with van der Waals surface area (Å²) in [6.45, 7) is 0.720. The molecule has 0 saturated carbocycles.